The number of nitrogens with one attached hydrogen (secondary N) is 1. The van der Waals surface area contributed by atoms with Gasteiger partial charge < -0.3 is 5.11 Å². The van der Waals surface area contributed by atoms with Crippen LogP contribution in [0.2, 0.25) is 0 Å². The first kappa shape index (κ1) is 32.2. The zero-order valence-electron chi connectivity index (χ0n) is 23.0. The van der Waals surface area contributed by atoms with Crippen molar-refractivity contribution in [2.45, 2.75) is 168 Å². The highest BCUT2D eigenvalue weighted by Crippen LogP contribution is 2.18. The molecule has 0 heterocycles. The molecule has 2 atom stereocenters. The summed E-state index contributed by atoms with van der Waals surface area (Å²) in [6, 6.07) is 0. The third-order valence-electron chi connectivity index (χ3n) is 6.47. The molecule has 0 aliphatic heterocycles. The highest BCUT2D eigenvalue weighted by atomic mass is 16.3. The molecule has 0 aliphatic carbocycles. The van der Waals surface area contributed by atoms with E-state index >= 15 is 0 Å². The van der Waals surface area contributed by atoms with Crippen LogP contribution in [0.1, 0.15) is 156 Å². The molecule has 0 fully saturated rings. The van der Waals surface area contributed by atoms with E-state index in [0.717, 1.165) is 12.8 Å². The van der Waals surface area contributed by atoms with Gasteiger partial charge in [-0.2, -0.15) is 0 Å². The van der Waals surface area contributed by atoms with Crippen LogP contribution in [-0.4, -0.2) is 16.9 Å². The zero-order valence-corrected chi connectivity index (χ0v) is 23.0. The Morgan fingerprint density at radius 1 is 0.697 bits per heavy atom. The van der Waals surface area contributed by atoms with Crippen molar-refractivity contribution < 1.29 is 5.11 Å². The fraction of sp³-hybridized carbons (Fsp3) is 0.839. The van der Waals surface area contributed by atoms with E-state index in [1.807, 2.05) is 6.92 Å². The molecule has 2 heteroatoms. The molecule has 0 aromatic carbocycles. The van der Waals surface area contributed by atoms with Gasteiger partial charge in [0.1, 0.15) is 6.23 Å². The number of aliphatic hydroxyl groups is 1. The molecule has 1 unspecified atom stereocenters. The Hall–Kier alpha value is -0.820. The van der Waals surface area contributed by atoms with E-state index in [-0.39, 0.29) is 5.54 Å². The molecule has 0 aliphatic rings. The Balaban J connectivity index is 3.94. The molecule has 0 aromatic rings. The third-order valence-corrected chi connectivity index (χ3v) is 6.47. The quantitative estimate of drug-likeness (QED) is 0.0648. The second-order valence-electron chi connectivity index (χ2n) is 10.3. The van der Waals surface area contributed by atoms with Crippen LogP contribution in [0.3, 0.4) is 0 Å². The van der Waals surface area contributed by atoms with E-state index < -0.39 is 6.23 Å². The van der Waals surface area contributed by atoms with Gasteiger partial charge in [-0.15, -0.1) is 5.73 Å². The highest BCUT2D eigenvalue weighted by molar-refractivity contribution is 5.04. The summed E-state index contributed by atoms with van der Waals surface area (Å²) < 4.78 is 0. The van der Waals surface area contributed by atoms with Gasteiger partial charge in [0.2, 0.25) is 0 Å². The van der Waals surface area contributed by atoms with Crippen LogP contribution in [-0.2, 0) is 0 Å². The number of unbranched alkanes of at least 4 members (excludes halogenated alkanes) is 16. The summed E-state index contributed by atoms with van der Waals surface area (Å²) in [6.45, 7) is 8.54. The van der Waals surface area contributed by atoms with E-state index in [4.69, 9.17) is 0 Å². The van der Waals surface area contributed by atoms with Gasteiger partial charge in [0.15, 0.2) is 0 Å². The van der Waals surface area contributed by atoms with Gasteiger partial charge in [-0.25, -0.2) is 0 Å². The largest absolute Gasteiger partial charge is 0.379 e. The number of allylic oxidation sites excluding steroid dienone is 2. The molecule has 0 spiro atoms. The topological polar surface area (TPSA) is 32.3 Å². The molecule has 2 nitrogen and oxygen atoms in total. The van der Waals surface area contributed by atoms with Gasteiger partial charge in [0.05, 0.1) is 0 Å². The average molecular weight is 462 g/mol. The molecule has 33 heavy (non-hydrogen) atoms. The molecule has 0 aromatic heterocycles. The van der Waals surface area contributed by atoms with Crippen molar-refractivity contribution in [3.8, 4) is 0 Å². The second kappa shape index (κ2) is 24.3. The Bertz CT molecular complexity index is 489. The van der Waals surface area contributed by atoms with Crippen LogP contribution in [0, 0.1) is 0 Å². The van der Waals surface area contributed by atoms with Gasteiger partial charge in [0.25, 0.3) is 0 Å². The van der Waals surface area contributed by atoms with Gasteiger partial charge in [-0.1, -0.05) is 109 Å². The highest BCUT2D eigenvalue weighted by Gasteiger charge is 2.21. The normalized spacial score (nSPS) is 14.2. The van der Waals surface area contributed by atoms with Crippen molar-refractivity contribution in [2.24, 2.45) is 0 Å². The first-order valence-electron chi connectivity index (χ1n) is 14.6. The van der Waals surface area contributed by atoms with Crippen molar-refractivity contribution in [2.75, 3.05) is 0 Å². The van der Waals surface area contributed by atoms with Gasteiger partial charge in [-0.05, 0) is 70.9 Å². The lowest BCUT2D eigenvalue weighted by molar-refractivity contribution is 0.122. The molecule has 0 bridgehead atoms. The minimum Gasteiger partial charge on any atom is -0.379 e. The van der Waals surface area contributed by atoms with E-state index in [0.29, 0.717) is 0 Å². The molecule has 0 saturated carbocycles. The Kier molecular flexibility index (Phi) is 23.7. The average Bonchev–Trinajstić information content (AvgIpc) is 2.78. The Morgan fingerprint density at radius 3 is 1.73 bits per heavy atom. The van der Waals surface area contributed by atoms with Crippen LogP contribution in [0.25, 0.3) is 0 Å². The fourth-order valence-corrected chi connectivity index (χ4v) is 4.40. The van der Waals surface area contributed by atoms with E-state index in [1.165, 1.54) is 116 Å². The minimum atomic E-state index is -0.492. The Labute approximate surface area is 208 Å². The first-order chi connectivity index (χ1) is 16.0. The van der Waals surface area contributed by atoms with Gasteiger partial charge in [0, 0.05) is 5.54 Å². The smallest absolute Gasteiger partial charge is 0.102 e. The summed E-state index contributed by atoms with van der Waals surface area (Å²) in [5, 5.41) is 13.2. The summed E-state index contributed by atoms with van der Waals surface area (Å²) in [7, 11) is 0. The maximum atomic E-state index is 9.86. The molecule has 2 N–H and O–H groups in total. The van der Waals surface area contributed by atoms with Crippen LogP contribution >= 0.6 is 0 Å². The molecular weight excluding hydrogens is 402 g/mol. The standard InChI is InChI=1S/C31H59NO/c1-5-7-9-11-13-15-16-17-18-19-20-21-23-25-27-29-31(4,32-30(3)33)28-26-24-22-14-12-10-8-6-2/h13,15,25,29-30,32-33H,5-12,14,16-24,26,28H2,1-4H3/b15-13-/t27?,30-,31?/m1/s1. The van der Waals surface area contributed by atoms with E-state index in [9.17, 15) is 5.11 Å². The summed E-state index contributed by atoms with van der Waals surface area (Å²) in [5.74, 6) is 0. The number of hydrogen-bond donors (Lipinski definition) is 2. The van der Waals surface area contributed by atoms with Gasteiger partial charge in [-0.3, -0.25) is 5.32 Å². The van der Waals surface area contributed by atoms with E-state index in [2.05, 4.69) is 56.1 Å². The molecule has 194 valence electrons. The summed E-state index contributed by atoms with van der Waals surface area (Å²) in [6.07, 6.45) is 34.6. The van der Waals surface area contributed by atoms with Crippen molar-refractivity contribution in [1.29, 1.82) is 0 Å². The maximum Gasteiger partial charge on any atom is 0.102 e. The van der Waals surface area contributed by atoms with Gasteiger partial charge >= 0.3 is 0 Å². The second-order valence-corrected chi connectivity index (χ2v) is 10.3. The first-order valence-corrected chi connectivity index (χ1v) is 14.6. The molecular formula is C31H59NO. The van der Waals surface area contributed by atoms with Crippen molar-refractivity contribution in [3.63, 3.8) is 0 Å². The third kappa shape index (κ3) is 24.1. The molecule has 0 radical (unpaired) electrons. The SMILES string of the molecule is CCCCC/C=C\CCCCCCCC=C=CC(C)(CCCCCCCCCC)N[C@@H](C)O. The fourth-order valence-electron chi connectivity index (χ4n) is 4.40. The number of rotatable bonds is 24. The monoisotopic (exact) mass is 461 g/mol. The molecule has 0 amide bonds. The molecule has 0 saturated heterocycles. The lowest BCUT2D eigenvalue weighted by Gasteiger charge is -2.28. The number of hydrogen-bond acceptors (Lipinski definition) is 2. The minimum absolute atomic E-state index is 0.170. The van der Waals surface area contributed by atoms with E-state index in [1.54, 1.807) is 0 Å². The molecule has 0 rings (SSSR count). The summed E-state index contributed by atoms with van der Waals surface area (Å²) in [4.78, 5) is 0. The number of aliphatic hydroxyl groups excluding tert-OH is 1. The summed E-state index contributed by atoms with van der Waals surface area (Å²) in [5.41, 5.74) is 3.24. The zero-order chi connectivity index (χ0) is 24.5. The van der Waals surface area contributed by atoms with Crippen LogP contribution in [0.5, 0.6) is 0 Å². The lowest BCUT2D eigenvalue weighted by atomic mass is 9.93. The van der Waals surface area contributed by atoms with Crippen LogP contribution in [0.4, 0.5) is 0 Å². The predicted octanol–water partition coefficient (Wildman–Crippen LogP) is 9.78. The summed E-state index contributed by atoms with van der Waals surface area (Å²) >= 11 is 0. The lowest BCUT2D eigenvalue weighted by Crippen LogP contribution is -2.45. The van der Waals surface area contributed by atoms with Crippen LogP contribution < -0.4 is 5.32 Å². The van der Waals surface area contributed by atoms with Crippen molar-refractivity contribution >= 4 is 0 Å². The van der Waals surface area contributed by atoms with Crippen molar-refractivity contribution in [3.05, 3.63) is 30.0 Å². The van der Waals surface area contributed by atoms with Crippen molar-refractivity contribution in [1.82, 2.24) is 5.32 Å². The Morgan fingerprint density at radius 2 is 1.15 bits per heavy atom. The van der Waals surface area contributed by atoms with Crippen LogP contribution in [0.15, 0.2) is 30.0 Å². The maximum absolute atomic E-state index is 9.86. The predicted molar refractivity (Wildman–Crippen MR) is 149 cm³/mol.